The third-order valence-corrected chi connectivity index (χ3v) is 3.24. The van der Waals surface area contributed by atoms with Crippen molar-refractivity contribution in [2.75, 3.05) is 18.4 Å². The van der Waals surface area contributed by atoms with Crippen LogP contribution in [0.2, 0.25) is 0 Å². The second-order valence-electron chi connectivity index (χ2n) is 4.64. The van der Waals surface area contributed by atoms with Crippen molar-refractivity contribution < 1.29 is 0 Å². The van der Waals surface area contributed by atoms with Crippen molar-refractivity contribution in [3.8, 4) is 0 Å². The van der Waals surface area contributed by atoms with Crippen molar-refractivity contribution in [2.45, 2.75) is 25.3 Å². The Labute approximate surface area is 105 Å². The van der Waals surface area contributed by atoms with Crippen molar-refractivity contribution in [3.63, 3.8) is 0 Å². The number of anilines is 1. The minimum Gasteiger partial charge on any atom is -0.361 e. The zero-order valence-electron chi connectivity index (χ0n) is 10.8. The van der Waals surface area contributed by atoms with E-state index in [1.807, 2.05) is 0 Å². The molecule has 1 aromatic rings. The first kappa shape index (κ1) is 12.8. The summed E-state index contributed by atoms with van der Waals surface area (Å²) in [6, 6.07) is 0.234. The maximum absolute atomic E-state index is 11.9. The van der Waals surface area contributed by atoms with Crippen LogP contribution in [0.15, 0.2) is 9.59 Å². The van der Waals surface area contributed by atoms with Gasteiger partial charge in [-0.3, -0.25) is 9.36 Å². The number of rotatable bonds is 2. The van der Waals surface area contributed by atoms with Crippen LogP contribution in [0, 0.1) is 0 Å². The molecule has 0 aliphatic carbocycles. The average Bonchev–Trinajstić information content (AvgIpc) is 2.62. The molecule has 0 radical (unpaired) electrons. The first-order valence-electron chi connectivity index (χ1n) is 6.21. The highest BCUT2D eigenvalue weighted by atomic mass is 16.2. The molecule has 1 aliphatic rings. The van der Waals surface area contributed by atoms with Crippen LogP contribution < -0.4 is 21.9 Å². The van der Waals surface area contributed by atoms with E-state index < -0.39 is 5.69 Å². The number of aromatic nitrogens is 3. The smallest absolute Gasteiger partial charge is 0.346 e. The van der Waals surface area contributed by atoms with Gasteiger partial charge in [-0.2, -0.15) is 0 Å². The molecule has 1 saturated heterocycles. The fourth-order valence-corrected chi connectivity index (χ4v) is 2.15. The van der Waals surface area contributed by atoms with Crippen molar-refractivity contribution in [3.05, 3.63) is 20.8 Å². The quantitative estimate of drug-likeness (QED) is 0.709. The Bertz CT molecular complexity index is 525. The van der Waals surface area contributed by atoms with Gasteiger partial charge in [0.15, 0.2) is 0 Å². The Kier molecular flexibility index (Phi) is 3.81. The van der Waals surface area contributed by atoms with Gasteiger partial charge in [0.2, 0.25) is 5.82 Å². The molecule has 2 rings (SSSR count). The summed E-state index contributed by atoms with van der Waals surface area (Å²) in [5.41, 5.74) is -0.775. The minimum atomic E-state index is -0.409. The van der Waals surface area contributed by atoms with E-state index in [0.29, 0.717) is 0 Å². The van der Waals surface area contributed by atoms with Crippen LogP contribution in [-0.2, 0) is 14.1 Å². The standard InChI is InChI=1S/C11H19N5O2/c1-15-10(17)9(14-16(2)11(15)18)13-8-4-3-6-12-7-5-8/h8,12H,3-7H2,1-2H3,(H,13,14). The fraction of sp³-hybridized carbons (Fsp3) is 0.727. The average molecular weight is 253 g/mol. The highest BCUT2D eigenvalue weighted by Crippen LogP contribution is 2.08. The number of nitrogens with one attached hydrogen (secondary N) is 2. The fourth-order valence-electron chi connectivity index (χ4n) is 2.15. The second-order valence-corrected chi connectivity index (χ2v) is 4.64. The van der Waals surface area contributed by atoms with E-state index in [1.54, 1.807) is 7.05 Å². The molecule has 0 bridgehead atoms. The predicted octanol–water partition coefficient (Wildman–Crippen LogP) is -0.967. The molecule has 1 unspecified atom stereocenters. The van der Waals surface area contributed by atoms with Crippen LogP contribution in [0.3, 0.4) is 0 Å². The molecule has 2 heterocycles. The molecule has 7 heteroatoms. The van der Waals surface area contributed by atoms with Gasteiger partial charge in [-0.05, 0) is 32.4 Å². The Morgan fingerprint density at radius 3 is 2.83 bits per heavy atom. The molecule has 0 saturated carbocycles. The van der Waals surface area contributed by atoms with Crippen molar-refractivity contribution in [2.24, 2.45) is 14.1 Å². The SMILES string of the molecule is Cn1nc(NC2CCCNCC2)c(=O)n(C)c1=O. The van der Waals surface area contributed by atoms with Gasteiger partial charge >= 0.3 is 5.69 Å². The number of aryl methyl sites for hydroxylation is 1. The largest absolute Gasteiger partial charge is 0.361 e. The first-order valence-corrected chi connectivity index (χ1v) is 6.21. The van der Waals surface area contributed by atoms with Crippen molar-refractivity contribution >= 4 is 5.82 Å². The molecule has 2 N–H and O–H groups in total. The lowest BCUT2D eigenvalue weighted by Gasteiger charge is -2.16. The highest BCUT2D eigenvalue weighted by molar-refractivity contribution is 5.31. The molecular formula is C11H19N5O2. The Balaban J connectivity index is 2.23. The molecule has 18 heavy (non-hydrogen) atoms. The minimum absolute atomic E-state index is 0.234. The van der Waals surface area contributed by atoms with Gasteiger partial charge in [0.05, 0.1) is 0 Å². The van der Waals surface area contributed by atoms with Crippen LogP contribution in [0.25, 0.3) is 0 Å². The summed E-state index contributed by atoms with van der Waals surface area (Å²) in [6.07, 6.45) is 3.03. The van der Waals surface area contributed by atoms with Gasteiger partial charge in [0.25, 0.3) is 5.56 Å². The van der Waals surface area contributed by atoms with Gasteiger partial charge in [0, 0.05) is 20.1 Å². The van der Waals surface area contributed by atoms with E-state index in [0.717, 1.165) is 36.9 Å². The monoisotopic (exact) mass is 253 g/mol. The summed E-state index contributed by atoms with van der Waals surface area (Å²) in [5, 5.41) is 10.5. The van der Waals surface area contributed by atoms with Crippen LogP contribution in [0.4, 0.5) is 5.82 Å². The molecule has 1 fully saturated rings. The molecule has 1 aromatic heterocycles. The lowest BCUT2D eigenvalue weighted by Crippen LogP contribution is -2.41. The molecular weight excluding hydrogens is 234 g/mol. The van der Waals surface area contributed by atoms with Crippen LogP contribution >= 0.6 is 0 Å². The normalized spacial score (nSPS) is 20.4. The molecule has 1 aliphatic heterocycles. The summed E-state index contributed by atoms with van der Waals surface area (Å²) in [7, 11) is 3.01. The van der Waals surface area contributed by atoms with E-state index in [-0.39, 0.29) is 17.4 Å². The van der Waals surface area contributed by atoms with E-state index in [1.165, 1.54) is 11.7 Å². The summed E-state index contributed by atoms with van der Waals surface area (Å²) in [4.78, 5) is 23.4. The van der Waals surface area contributed by atoms with Gasteiger partial charge in [-0.25, -0.2) is 9.48 Å². The third kappa shape index (κ3) is 2.61. The molecule has 1 atom stereocenters. The zero-order chi connectivity index (χ0) is 13.1. The number of hydrogen-bond acceptors (Lipinski definition) is 5. The van der Waals surface area contributed by atoms with Gasteiger partial charge < -0.3 is 10.6 Å². The Morgan fingerprint density at radius 1 is 1.28 bits per heavy atom. The first-order chi connectivity index (χ1) is 8.59. The lowest BCUT2D eigenvalue weighted by atomic mass is 10.1. The number of hydrogen-bond donors (Lipinski definition) is 2. The second kappa shape index (κ2) is 5.34. The summed E-state index contributed by atoms with van der Waals surface area (Å²) in [6.45, 7) is 1.95. The molecule has 0 amide bonds. The van der Waals surface area contributed by atoms with Crippen molar-refractivity contribution in [1.29, 1.82) is 0 Å². The summed E-state index contributed by atoms with van der Waals surface area (Å²) < 4.78 is 2.25. The Hall–Kier alpha value is -1.63. The molecule has 100 valence electrons. The van der Waals surface area contributed by atoms with E-state index in [2.05, 4.69) is 15.7 Å². The van der Waals surface area contributed by atoms with Gasteiger partial charge in [0.1, 0.15) is 0 Å². The molecule has 7 nitrogen and oxygen atoms in total. The summed E-state index contributed by atoms with van der Waals surface area (Å²) >= 11 is 0. The van der Waals surface area contributed by atoms with Crippen LogP contribution in [-0.4, -0.2) is 33.5 Å². The summed E-state index contributed by atoms with van der Waals surface area (Å²) in [5.74, 6) is 0.256. The van der Waals surface area contributed by atoms with Crippen molar-refractivity contribution in [1.82, 2.24) is 19.7 Å². The Morgan fingerprint density at radius 2 is 2.06 bits per heavy atom. The highest BCUT2D eigenvalue weighted by Gasteiger charge is 2.15. The van der Waals surface area contributed by atoms with Gasteiger partial charge in [-0.15, -0.1) is 5.10 Å². The van der Waals surface area contributed by atoms with E-state index in [9.17, 15) is 9.59 Å². The lowest BCUT2D eigenvalue weighted by molar-refractivity contribution is 0.584. The molecule has 0 aromatic carbocycles. The van der Waals surface area contributed by atoms with Crippen LogP contribution in [0.1, 0.15) is 19.3 Å². The predicted molar refractivity (Wildman–Crippen MR) is 68.9 cm³/mol. The molecule has 0 spiro atoms. The zero-order valence-corrected chi connectivity index (χ0v) is 10.8. The maximum Gasteiger partial charge on any atom is 0.346 e. The van der Waals surface area contributed by atoms with E-state index >= 15 is 0 Å². The topological polar surface area (TPSA) is 81.0 Å². The van der Waals surface area contributed by atoms with Crippen LogP contribution in [0.5, 0.6) is 0 Å². The van der Waals surface area contributed by atoms with Gasteiger partial charge in [-0.1, -0.05) is 0 Å². The maximum atomic E-state index is 11.9. The number of nitrogens with zero attached hydrogens (tertiary/aromatic N) is 3. The van der Waals surface area contributed by atoms with E-state index in [4.69, 9.17) is 0 Å². The third-order valence-electron chi connectivity index (χ3n) is 3.24.